The third-order valence-electron chi connectivity index (χ3n) is 4.71. The molecule has 1 aromatic rings. The summed E-state index contributed by atoms with van der Waals surface area (Å²) in [6.07, 6.45) is 1.47. The van der Waals surface area contributed by atoms with Crippen LogP contribution in [0.15, 0.2) is 4.52 Å². The standard InChI is InChI=1S/C16H26N4O4/c1-10(2)14-18-16(24-19-14)20-6-3-13(21)12(9-20)17-15(22)11-4-7-23-8-5-11/h10-13,21H,3-9H2,1-2H3,(H,17,22)/t12-,13+/m1/s1. The van der Waals surface area contributed by atoms with E-state index in [0.717, 1.165) is 12.8 Å². The fourth-order valence-electron chi connectivity index (χ4n) is 3.10. The van der Waals surface area contributed by atoms with Crippen molar-refractivity contribution in [1.82, 2.24) is 15.5 Å². The Labute approximate surface area is 141 Å². The Morgan fingerprint density at radius 1 is 1.33 bits per heavy atom. The van der Waals surface area contributed by atoms with Crippen LogP contribution in [0.4, 0.5) is 6.01 Å². The van der Waals surface area contributed by atoms with E-state index in [1.165, 1.54) is 0 Å². The number of carbonyl (C=O) groups excluding carboxylic acids is 1. The molecule has 2 N–H and O–H groups in total. The maximum atomic E-state index is 12.4. The van der Waals surface area contributed by atoms with Crippen LogP contribution in [0.3, 0.4) is 0 Å². The Kier molecular flexibility index (Phi) is 5.35. The van der Waals surface area contributed by atoms with Gasteiger partial charge in [-0.1, -0.05) is 19.0 Å². The first kappa shape index (κ1) is 17.2. The van der Waals surface area contributed by atoms with Crippen LogP contribution in [0.1, 0.15) is 44.9 Å². The summed E-state index contributed by atoms with van der Waals surface area (Å²) < 4.78 is 10.6. The van der Waals surface area contributed by atoms with Crippen LogP contribution in [-0.4, -0.2) is 59.6 Å². The summed E-state index contributed by atoms with van der Waals surface area (Å²) in [5.41, 5.74) is 0. The minimum absolute atomic E-state index is 0.00222. The topological polar surface area (TPSA) is 101 Å². The minimum atomic E-state index is -0.558. The molecule has 2 fully saturated rings. The molecule has 8 heteroatoms. The summed E-state index contributed by atoms with van der Waals surface area (Å²) >= 11 is 0. The van der Waals surface area contributed by atoms with Crippen LogP contribution >= 0.6 is 0 Å². The predicted molar refractivity (Wildman–Crippen MR) is 86.7 cm³/mol. The van der Waals surface area contributed by atoms with E-state index in [1.807, 2.05) is 18.7 Å². The molecule has 2 saturated heterocycles. The van der Waals surface area contributed by atoms with Gasteiger partial charge in [0.1, 0.15) is 0 Å². The van der Waals surface area contributed by atoms with Gasteiger partial charge in [0.25, 0.3) is 0 Å². The van der Waals surface area contributed by atoms with Gasteiger partial charge in [-0.2, -0.15) is 4.98 Å². The number of hydrogen-bond donors (Lipinski definition) is 2. The van der Waals surface area contributed by atoms with Gasteiger partial charge in [-0.05, 0) is 19.3 Å². The number of rotatable bonds is 4. The number of hydrogen-bond acceptors (Lipinski definition) is 7. The molecule has 0 aliphatic carbocycles. The molecule has 3 rings (SSSR count). The average molecular weight is 338 g/mol. The maximum Gasteiger partial charge on any atom is 0.324 e. The van der Waals surface area contributed by atoms with Crippen LogP contribution < -0.4 is 10.2 Å². The Bertz CT molecular complexity index is 556. The van der Waals surface area contributed by atoms with Gasteiger partial charge in [-0.3, -0.25) is 4.79 Å². The lowest BCUT2D eigenvalue weighted by atomic mass is 9.97. The van der Waals surface area contributed by atoms with E-state index in [4.69, 9.17) is 9.26 Å². The van der Waals surface area contributed by atoms with E-state index in [0.29, 0.717) is 44.6 Å². The van der Waals surface area contributed by atoms with E-state index in [1.54, 1.807) is 0 Å². The zero-order valence-corrected chi connectivity index (χ0v) is 14.3. The lowest BCUT2D eigenvalue weighted by Crippen LogP contribution is -2.56. The highest BCUT2D eigenvalue weighted by Crippen LogP contribution is 2.22. The van der Waals surface area contributed by atoms with Crippen molar-refractivity contribution in [3.63, 3.8) is 0 Å². The van der Waals surface area contributed by atoms with Gasteiger partial charge in [0, 0.05) is 38.1 Å². The lowest BCUT2D eigenvalue weighted by molar-refractivity contribution is -0.129. The second-order valence-electron chi connectivity index (χ2n) is 6.89. The summed E-state index contributed by atoms with van der Waals surface area (Å²) in [5, 5.41) is 17.2. The summed E-state index contributed by atoms with van der Waals surface area (Å²) in [6.45, 7) is 6.35. The third kappa shape index (κ3) is 3.87. The Balaban J connectivity index is 1.61. The molecule has 3 heterocycles. The van der Waals surface area contributed by atoms with Crippen molar-refractivity contribution in [3.05, 3.63) is 5.82 Å². The number of anilines is 1. The largest absolute Gasteiger partial charge is 0.391 e. The van der Waals surface area contributed by atoms with E-state index in [-0.39, 0.29) is 23.8 Å². The zero-order valence-electron chi connectivity index (χ0n) is 14.3. The molecule has 24 heavy (non-hydrogen) atoms. The van der Waals surface area contributed by atoms with Crippen LogP contribution in [0, 0.1) is 5.92 Å². The van der Waals surface area contributed by atoms with Crippen LogP contribution in [-0.2, 0) is 9.53 Å². The monoisotopic (exact) mass is 338 g/mol. The van der Waals surface area contributed by atoms with Gasteiger partial charge in [0.15, 0.2) is 5.82 Å². The van der Waals surface area contributed by atoms with E-state index < -0.39 is 6.10 Å². The molecule has 2 atom stereocenters. The van der Waals surface area contributed by atoms with Crippen LogP contribution in [0.5, 0.6) is 0 Å². The van der Waals surface area contributed by atoms with Gasteiger partial charge in [0.2, 0.25) is 5.91 Å². The summed E-state index contributed by atoms with van der Waals surface area (Å²) in [5.74, 6) is 0.829. The molecule has 0 unspecified atom stereocenters. The molecule has 134 valence electrons. The quantitative estimate of drug-likeness (QED) is 0.832. The Morgan fingerprint density at radius 3 is 2.75 bits per heavy atom. The van der Waals surface area contributed by atoms with Crippen molar-refractivity contribution in [2.24, 2.45) is 5.92 Å². The number of piperidine rings is 1. The fourth-order valence-corrected chi connectivity index (χ4v) is 3.10. The molecular formula is C16H26N4O4. The molecule has 1 amide bonds. The first-order chi connectivity index (χ1) is 11.5. The Morgan fingerprint density at radius 2 is 2.08 bits per heavy atom. The zero-order chi connectivity index (χ0) is 17.1. The molecule has 2 aliphatic rings. The van der Waals surface area contributed by atoms with E-state index in [2.05, 4.69) is 15.5 Å². The SMILES string of the molecule is CC(C)c1noc(N2CC[C@H](O)[C@H](NC(=O)C3CCOCC3)C2)n1. The number of aliphatic hydroxyl groups excluding tert-OH is 1. The number of amides is 1. The number of ether oxygens (including phenoxy) is 1. The first-order valence-electron chi connectivity index (χ1n) is 8.69. The normalized spacial score (nSPS) is 25.9. The summed E-state index contributed by atoms with van der Waals surface area (Å²) in [7, 11) is 0. The number of aromatic nitrogens is 2. The van der Waals surface area contributed by atoms with Gasteiger partial charge in [0.05, 0.1) is 12.1 Å². The molecule has 0 spiro atoms. The summed E-state index contributed by atoms with van der Waals surface area (Å²) in [4.78, 5) is 18.7. The van der Waals surface area contributed by atoms with Crippen molar-refractivity contribution in [3.8, 4) is 0 Å². The summed E-state index contributed by atoms with van der Waals surface area (Å²) in [6, 6.07) is 0.124. The highest BCUT2D eigenvalue weighted by Gasteiger charge is 2.33. The molecule has 0 saturated carbocycles. The molecule has 2 aliphatic heterocycles. The number of nitrogens with zero attached hydrogens (tertiary/aromatic N) is 3. The molecule has 1 aromatic heterocycles. The lowest BCUT2D eigenvalue weighted by Gasteiger charge is -2.36. The van der Waals surface area contributed by atoms with Crippen molar-refractivity contribution < 1.29 is 19.2 Å². The number of aliphatic hydroxyl groups is 1. The second kappa shape index (κ2) is 7.48. The smallest absolute Gasteiger partial charge is 0.324 e. The van der Waals surface area contributed by atoms with E-state index in [9.17, 15) is 9.90 Å². The van der Waals surface area contributed by atoms with Crippen LogP contribution in [0.2, 0.25) is 0 Å². The molecule has 0 bridgehead atoms. The van der Waals surface area contributed by atoms with Gasteiger partial charge in [-0.25, -0.2) is 0 Å². The number of carbonyl (C=O) groups is 1. The second-order valence-corrected chi connectivity index (χ2v) is 6.89. The van der Waals surface area contributed by atoms with Crippen LogP contribution in [0.25, 0.3) is 0 Å². The van der Waals surface area contributed by atoms with E-state index >= 15 is 0 Å². The highest BCUT2D eigenvalue weighted by molar-refractivity contribution is 5.79. The molecule has 8 nitrogen and oxygen atoms in total. The molecule has 0 aromatic carbocycles. The van der Waals surface area contributed by atoms with Gasteiger partial charge >= 0.3 is 6.01 Å². The van der Waals surface area contributed by atoms with Crippen molar-refractivity contribution in [1.29, 1.82) is 0 Å². The van der Waals surface area contributed by atoms with Gasteiger partial charge in [-0.15, -0.1) is 0 Å². The highest BCUT2D eigenvalue weighted by atomic mass is 16.5. The van der Waals surface area contributed by atoms with Gasteiger partial charge < -0.3 is 24.6 Å². The first-order valence-corrected chi connectivity index (χ1v) is 8.69. The average Bonchev–Trinajstić information content (AvgIpc) is 3.08. The number of nitrogens with one attached hydrogen (secondary N) is 1. The predicted octanol–water partition coefficient (Wildman–Crippen LogP) is 0.675. The maximum absolute atomic E-state index is 12.4. The van der Waals surface area contributed by atoms with Crippen molar-refractivity contribution in [2.45, 2.75) is 51.2 Å². The van der Waals surface area contributed by atoms with Crippen molar-refractivity contribution in [2.75, 3.05) is 31.2 Å². The molecular weight excluding hydrogens is 312 g/mol. The minimum Gasteiger partial charge on any atom is -0.391 e. The third-order valence-corrected chi connectivity index (χ3v) is 4.71. The fraction of sp³-hybridized carbons (Fsp3) is 0.812. The molecule has 0 radical (unpaired) electrons. The Hall–Kier alpha value is -1.67. The van der Waals surface area contributed by atoms with Crippen molar-refractivity contribution >= 4 is 11.9 Å².